The van der Waals surface area contributed by atoms with Gasteiger partial charge in [-0.1, -0.05) is 0 Å². The van der Waals surface area contributed by atoms with E-state index in [0.717, 1.165) is 6.07 Å². The van der Waals surface area contributed by atoms with Crippen LogP contribution in [-0.2, 0) is 0 Å². The van der Waals surface area contributed by atoms with Crippen molar-refractivity contribution < 1.29 is 15.1 Å². The number of aliphatic hydroxyl groups excluding tert-OH is 2. The highest BCUT2D eigenvalue weighted by Gasteiger charge is 2.20. The molecule has 7 heteroatoms. The molecule has 0 spiro atoms. The van der Waals surface area contributed by atoms with Gasteiger partial charge in [-0.25, -0.2) is 0 Å². The molecule has 6 nitrogen and oxygen atoms in total. The van der Waals surface area contributed by atoms with E-state index in [-0.39, 0.29) is 17.8 Å². The Bertz CT molecular complexity index is 374. The Kier molecular flexibility index (Phi) is 4.66. The number of hydrogen-bond donors (Lipinski definition) is 3. The molecule has 0 aromatic carbocycles. The molecule has 88 valence electrons. The lowest BCUT2D eigenvalue weighted by atomic mass is 10.1. The number of nitrogens with zero attached hydrogens (tertiary/aromatic N) is 2. The van der Waals surface area contributed by atoms with Crippen LogP contribution >= 0.6 is 12.6 Å². The van der Waals surface area contributed by atoms with E-state index in [1.807, 2.05) is 0 Å². The summed E-state index contributed by atoms with van der Waals surface area (Å²) in [6.07, 6.45) is -0.738. The summed E-state index contributed by atoms with van der Waals surface area (Å²) in [6, 6.07) is 2.37. The van der Waals surface area contributed by atoms with Gasteiger partial charge < -0.3 is 10.2 Å². The topological polar surface area (TPSA) is 96.5 Å². The second-order valence-corrected chi connectivity index (χ2v) is 3.67. The summed E-state index contributed by atoms with van der Waals surface area (Å²) in [5.41, 5.74) is -0.0781. The van der Waals surface area contributed by atoms with Crippen molar-refractivity contribution >= 4 is 18.3 Å². The summed E-state index contributed by atoms with van der Waals surface area (Å²) in [5.74, 6) is 0.410. The lowest BCUT2D eigenvalue weighted by molar-refractivity contribution is -0.385. The van der Waals surface area contributed by atoms with Gasteiger partial charge in [0.1, 0.15) is 6.10 Å². The molecule has 1 aromatic rings. The predicted molar refractivity (Wildman–Crippen MR) is 60.3 cm³/mol. The smallest absolute Gasteiger partial charge is 0.272 e. The third-order valence-electron chi connectivity index (χ3n) is 2.07. The van der Waals surface area contributed by atoms with Crippen LogP contribution in [0.5, 0.6) is 0 Å². The van der Waals surface area contributed by atoms with Crippen LogP contribution in [0.2, 0.25) is 0 Å². The molecule has 0 aliphatic carbocycles. The molecule has 0 saturated carbocycles. The molecular weight excluding hydrogens is 232 g/mol. The summed E-state index contributed by atoms with van der Waals surface area (Å²) in [7, 11) is 0. The van der Waals surface area contributed by atoms with Crippen LogP contribution in [-0.4, -0.2) is 32.0 Å². The van der Waals surface area contributed by atoms with Crippen molar-refractivity contribution in [1.82, 2.24) is 4.98 Å². The highest BCUT2D eigenvalue weighted by atomic mass is 32.1. The second kappa shape index (κ2) is 5.78. The minimum Gasteiger partial charge on any atom is -0.390 e. The first kappa shape index (κ1) is 12.9. The van der Waals surface area contributed by atoms with Crippen molar-refractivity contribution in [2.24, 2.45) is 0 Å². The van der Waals surface area contributed by atoms with E-state index in [9.17, 15) is 20.3 Å². The molecule has 2 atom stereocenters. The lowest BCUT2D eigenvalue weighted by Gasteiger charge is -2.15. The monoisotopic (exact) mass is 244 g/mol. The third kappa shape index (κ3) is 3.16. The van der Waals surface area contributed by atoms with Gasteiger partial charge in [0.2, 0.25) is 0 Å². The van der Waals surface area contributed by atoms with Gasteiger partial charge in [0.05, 0.1) is 16.7 Å². The Morgan fingerprint density at radius 2 is 2.25 bits per heavy atom. The highest BCUT2D eigenvalue weighted by molar-refractivity contribution is 7.80. The van der Waals surface area contributed by atoms with Gasteiger partial charge in [0.15, 0.2) is 0 Å². The zero-order valence-corrected chi connectivity index (χ0v) is 9.25. The lowest BCUT2D eigenvalue weighted by Crippen LogP contribution is -2.19. The van der Waals surface area contributed by atoms with Crippen molar-refractivity contribution in [1.29, 1.82) is 0 Å². The third-order valence-corrected chi connectivity index (χ3v) is 2.33. The molecule has 0 fully saturated rings. The Labute approximate surface area is 97.5 Å². The molecule has 0 saturated heterocycles. The molecule has 0 aliphatic rings. The average molecular weight is 244 g/mol. The molecule has 16 heavy (non-hydrogen) atoms. The molecule has 2 N–H and O–H groups in total. The summed E-state index contributed by atoms with van der Waals surface area (Å²) in [5, 5.41) is 29.6. The first-order valence-corrected chi connectivity index (χ1v) is 5.27. The Morgan fingerprint density at radius 3 is 2.81 bits per heavy atom. The van der Waals surface area contributed by atoms with Crippen LogP contribution in [0.3, 0.4) is 0 Å². The van der Waals surface area contributed by atoms with E-state index in [4.69, 9.17) is 0 Å². The van der Waals surface area contributed by atoms with Gasteiger partial charge in [-0.15, -0.1) is 0 Å². The normalized spacial score (nSPS) is 14.4. The maximum absolute atomic E-state index is 10.5. The van der Waals surface area contributed by atoms with E-state index in [2.05, 4.69) is 17.6 Å². The minimum atomic E-state index is -1.23. The Balaban J connectivity index is 2.86. The molecule has 2 unspecified atom stereocenters. The predicted octanol–water partition coefficient (Wildman–Crippen LogP) is 0.704. The van der Waals surface area contributed by atoms with Crippen LogP contribution < -0.4 is 0 Å². The van der Waals surface area contributed by atoms with E-state index in [0.29, 0.717) is 5.75 Å². The summed E-state index contributed by atoms with van der Waals surface area (Å²) < 4.78 is 0. The van der Waals surface area contributed by atoms with Crippen LogP contribution in [0.1, 0.15) is 18.2 Å². The molecule has 0 amide bonds. The van der Waals surface area contributed by atoms with Gasteiger partial charge in [0.25, 0.3) is 5.69 Å². The average Bonchev–Trinajstić information content (AvgIpc) is 2.28. The zero-order chi connectivity index (χ0) is 12.1. The number of nitro groups is 1. The summed E-state index contributed by atoms with van der Waals surface area (Å²) >= 11 is 3.92. The standard InChI is InChI=1S/C9H12N2O4S/c12-8(2-4-16)9(13)7-5-6(11(14)15)1-3-10-7/h1,3,5,8-9,12-13,16H,2,4H2. The fourth-order valence-corrected chi connectivity index (χ4v) is 1.46. The van der Waals surface area contributed by atoms with E-state index < -0.39 is 17.1 Å². The highest BCUT2D eigenvalue weighted by Crippen LogP contribution is 2.20. The molecule has 0 bridgehead atoms. The molecule has 0 aliphatic heterocycles. The van der Waals surface area contributed by atoms with Gasteiger partial charge >= 0.3 is 0 Å². The summed E-state index contributed by atoms with van der Waals surface area (Å²) in [4.78, 5) is 13.7. The number of thiol groups is 1. The molecule has 1 rings (SSSR count). The minimum absolute atomic E-state index is 0.0866. The second-order valence-electron chi connectivity index (χ2n) is 3.22. The van der Waals surface area contributed by atoms with Crippen LogP contribution in [0.4, 0.5) is 5.69 Å². The SMILES string of the molecule is O=[N+]([O-])c1ccnc(C(O)C(O)CCS)c1. The largest absolute Gasteiger partial charge is 0.390 e. The number of rotatable bonds is 5. The van der Waals surface area contributed by atoms with Gasteiger partial charge in [0, 0.05) is 18.3 Å². The number of aromatic nitrogens is 1. The van der Waals surface area contributed by atoms with Crippen molar-refractivity contribution in [2.75, 3.05) is 5.75 Å². The molecule has 0 radical (unpaired) electrons. The number of hydrogen-bond acceptors (Lipinski definition) is 6. The molecular formula is C9H12N2O4S. The van der Waals surface area contributed by atoms with Crippen LogP contribution in [0, 0.1) is 10.1 Å². The molecule has 1 heterocycles. The maximum atomic E-state index is 10.5. The number of pyridine rings is 1. The van der Waals surface area contributed by atoms with E-state index in [1.165, 1.54) is 12.3 Å². The fourth-order valence-electron chi connectivity index (χ4n) is 1.20. The van der Waals surface area contributed by atoms with Crippen molar-refractivity contribution in [3.05, 3.63) is 34.1 Å². The van der Waals surface area contributed by atoms with E-state index in [1.54, 1.807) is 0 Å². The quantitative estimate of drug-likeness (QED) is 0.402. The van der Waals surface area contributed by atoms with Gasteiger partial charge in [-0.3, -0.25) is 15.1 Å². The van der Waals surface area contributed by atoms with Crippen LogP contribution in [0.25, 0.3) is 0 Å². The fraction of sp³-hybridized carbons (Fsp3) is 0.444. The first-order valence-electron chi connectivity index (χ1n) is 4.63. The zero-order valence-electron chi connectivity index (χ0n) is 8.35. The number of aliphatic hydroxyl groups is 2. The van der Waals surface area contributed by atoms with Crippen molar-refractivity contribution in [3.63, 3.8) is 0 Å². The van der Waals surface area contributed by atoms with Gasteiger partial charge in [-0.05, 0) is 12.2 Å². The summed E-state index contributed by atoms with van der Waals surface area (Å²) in [6.45, 7) is 0. The Hall–Kier alpha value is -1.18. The van der Waals surface area contributed by atoms with Crippen molar-refractivity contribution in [2.45, 2.75) is 18.6 Å². The Morgan fingerprint density at radius 1 is 1.56 bits per heavy atom. The van der Waals surface area contributed by atoms with Crippen molar-refractivity contribution in [3.8, 4) is 0 Å². The van der Waals surface area contributed by atoms with E-state index >= 15 is 0 Å². The molecule has 1 aromatic heterocycles. The first-order chi connectivity index (χ1) is 7.56. The maximum Gasteiger partial charge on any atom is 0.272 e. The van der Waals surface area contributed by atoms with Gasteiger partial charge in [-0.2, -0.15) is 12.6 Å². The van der Waals surface area contributed by atoms with Crippen LogP contribution in [0.15, 0.2) is 18.3 Å².